The van der Waals surface area contributed by atoms with E-state index in [4.69, 9.17) is 11.6 Å². The van der Waals surface area contributed by atoms with Gasteiger partial charge in [0.1, 0.15) is 0 Å². The molecular weight excluding hydrogens is 272 g/mol. The monoisotopic (exact) mass is 290 g/mol. The lowest BCUT2D eigenvalue weighted by Gasteiger charge is -2.12. The maximum absolute atomic E-state index is 11.9. The predicted octanol–water partition coefficient (Wildman–Crippen LogP) is 2.39. The maximum atomic E-state index is 11.9. The minimum absolute atomic E-state index is 0.0388. The molecule has 0 aliphatic rings. The van der Waals surface area contributed by atoms with Crippen molar-refractivity contribution in [3.63, 3.8) is 0 Å². The molecule has 102 valence electrons. The van der Waals surface area contributed by atoms with Crippen molar-refractivity contribution in [3.8, 4) is 0 Å². The Morgan fingerprint density at radius 2 is 2.00 bits per heavy atom. The summed E-state index contributed by atoms with van der Waals surface area (Å²) in [7, 11) is -3.34. The molecule has 4 nitrogen and oxygen atoms in total. The van der Waals surface area contributed by atoms with Gasteiger partial charge in [-0.3, -0.25) is 4.72 Å². The molecule has 0 atom stereocenters. The number of nitrogens with one attached hydrogen (secondary N) is 2. The van der Waals surface area contributed by atoms with Gasteiger partial charge in [0.2, 0.25) is 10.0 Å². The van der Waals surface area contributed by atoms with Crippen LogP contribution >= 0.6 is 11.6 Å². The van der Waals surface area contributed by atoms with Crippen LogP contribution in [0.3, 0.4) is 0 Å². The van der Waals surface area contributed by atoms with Gasteiger partial charge >= 0.3 is 0 Å². The third-order valence-electron chi connectivity index (χ3n) is 2.46. The summed E-state index contributed by atoms with van der Waals surface area (Å²) < 4.78 is 26.3. The molecule has 0 fully saturated rings. The molecule has 0 spiro atoms. The lowest BCUT2D eigenvalue weighted by molar-refractivity contribution is 0.582. The van der Waals surface area contributed by atoms with Crippen molar-refractivity contribution in [3.05, 3.63) is 28.8 Å². The molecule has 1 aromatic rings. The fraction of sp³-hybridized carbons (Fsp3) is 0.500. The molecule has 0 aliphatic heterocycles. The van der Waals surface area contributed by atoms with E-state index in [0.717, 1.165) is 5.56 Å². The van der Waals surface area contributed by atoms with E-state index >= 15 is 0 Å². The number of halogens is 1. The molecule has 0 heterocycles. The molecule has 0 unspecified atom stereocenters. The molecule has 0 saturated carbocycles. The highest BCUT2D eigenvalue weighted by atomic mass is 35.5. The van der Waals surface area contributed by atoms with Gasteiger partial charge in [0.15, 0.2) is 0 Å². The first kappa shape index (κ1) is 15.3. The van der Waals surface area contributed by atoms with Gasteiger partial charge in [-0.25, -0.2) is 8.42 Å². The second-order valence-electron chi connectivity index (χ2n) is 4.44. The van der Waals surface area contributed by atoms with E-state index in [1.54, 1.807) is 25.1 Å². The van der Waals surface area contributed by atoms with Gasteiger partial charge in [-0.1, -0.05) is 31.5 Å². The Kier molecular flexibility index (Phi) is 5.44. The molecule has 0 bridgehead atoms. The van der Waals surface area contributed by atoms with Crippen LogP contribution in [0.4, 0.5) is 5.69 Å². The summed E-state index contributed by atoms with van der Waals surface area (Å²) in [5.74, 6) is 0.0388. The van der Waals surface area contributed by atoms with Crippen LogP contribution in [0, 0.1) is 6.92 Å². The van der Waals surface area contributed by atoms with Crippen LogP contribution in [0.15, 0.2) is 18.2 Å². The Morgan fingerprint density at radius 1 is 1.33 bits per heavy atom. The minimum atomic E-state index is -3.34. The Hall–Kier alpha value is -0.780. The van der Waals surface area contributed by atoms with Gasteiger partial charge in [-0.2, -0.15) is 0 Å². The van der Waals surface area contributed by atoms with Crippen molar-refractivity contribution in [2.45, 2.75) is 26.8 Å². The average Bonchev–Trinajstić information content (AvgIpc) is 2.23. The zero-order valence-electron chi connectivity index (χ0n) is 10.8. The Bertz CT molecular complexity index is 501. The van der Waals surface area contributed by atoms with Gasteiger partial charge in [-0.15, -0.1) is 0 Å². The second kappa shape index (κ2) is 6.41. The number of hydrogen-bond donors (Lipinski definition) is 2. The van der Waals surface area contributed by atoms with Crippen molar-refractivity contribution < 1.29 is 8.42 Å². The van der Waals surface area contributed by atoms with Crippen molar-refractivity contribution in [1.29, 1.82) is 0 Å². The zero-order valence-corrected chi connectivity index (χ0v) is 12.4. The molecule has 6 heteroatoms. The summed E-state index contributed by atoms with van der Waals surface area (Å²) in [6.45, 7) is 6.15. The SMILES string of the molecule is Cc1c(Cl)cccc1NS(=O)(=O)CCNC(C)C. The molecular formula is C12H19ClN2O2S. The molecule has 0 saturated heterocycles. The molecule has 0 aromatic heterocycles. The van der Waals surface area contributed by atoms with Crippen LogP contribution in [0.1, 0.15) is 19.4 Å². The summed E-state index contributed by atoms with van der Waals surface area (Å²) in [5, 5.41) is 3.62. The van der Waals surface area contributed by atoms with Crippen LogP contribution in [0.25, 0.3) is 0 Å². The van der Waals surface area contributed by atoms with E-state index in [2.05, 4.69) is 10.0 Å². The van der Waals surface area contributed by atoms with E-state index < -0.39 is 10.0 Å². The Balaban J connectivity index is 2.68. The number of hydrogen-bond acceptors (Lipinski definition) is 3. The van der Waals surface area contributed by atoms with E-state index in [1.165, 1.54) is 0 Å². The first-order valence-corrected chi connectivity index (χ1v) is 7.84. The van der Waals surface area contributed by atoms with Crippen molar-refractivity contribution in [2.24, 2.45) is 0 Å². The molecule has 2 N–H and O–H groups in total. The lowest BCUT2D eigenvalue weighted by Crippen LogP contribution is -2.31. The molecule has 0 aliphatic carbocycles. The standard InChI is InChI=1S/C12H19ClN2O2S/c1-9(2)14-7-8-18(16,17)15-12-6-4-5-11(13)10(12)3/h4-6,9,14-15H,7-8H2,1-3H3. The van der Waals surface area contributed by atoms with Crippen LogP contribution in [0.5, 0.6) is 0 Å². The average molecular weight is 291 g/mol. The normalized spacial score (nSPS) is 11.8. The highest BCUT2D eigenvalue weighted by Gasteiger charge is 2.12. The largest absolute Gasteiger partial charge is 0.313 e. The van der Waals surface area contributed by atoms with Crippen LogP contribution in [-0.2, 0) is 10.0 Å². The lowest BCUT2D eigenvalue weighted by atomic mass is 10.2. The topological polar surface area (TPSA) is 58.2 Å². The molecule has 18 heavy (non-hydrogen) atoms. The van der Waals surface area contributed by atoms with Crippen LogP contribution < -0.4 is 10.0 Å². The van der Waals surface area contributed by atoms with Gasteiger partial charge in [0, 0.05) is 17.6 Å². The first-order chi connectivity index (χ1) is 8.32. The first-order valence-electron chi connectivity index (χ1n) is 5.81. The summed E-state index contributed by atoms with van der Waals surface area (Å²) in [5.41, 5.74) is 1.27. The number of sulfonamides is 1. The van der Waals surface area contributed by atoms with Crippen molar-refractivity contribution >= 4 is 27.3 Å². The van der Waals surface area contributed by atoms with Crippen LogP contribution in [0.2, 0.25) is 5.02 Å². The highest BCUT2D eigenvalue weighted by Crippen LogP contribution is 2.23. The number of rotatable bonds is 6. The van der Waals surface area contributed by atoms with E-state index in [1.807, 2.05) is 13.8 Å². The fourth-order valence-electron chi connectivity index (χ4n) is 1.42. The maximum Gasteiger partial charge on any atom is 0.233 e. The van der Waals surface area contributed by atoms with E-state index in [0.29, 0.717) is 17.3 Å². The van der Waals surface area contributed by atoms with Gasteiger partial charge in [0.25, 0.3) is 0 Å². The minimum Gasteiger partial charge on any atom is -0.313 e. The third-order valence-corrected chi connectivity index (χ3v) is 4.14. The van der Waals surface area contributed by atoms with Crippen LogP contribution in [-0.4, -0.2) is 26.8 Å². The number of anilines is 1. The zero-order chi connectivity index (χ0) is 13.8. The summed E-state index contributed by atoms with van der Waals surface area (Å²) in [6.07, 6.45) is 0. The van der Waals surface area contributed by atoms with Crippen molar-refractivity contribution in [2.75, 3.05) is 17.0 Å². The second-order valence-corrected chi connectivity index (χ2v) is 6.69. The van der Waals surface area contributed by atoms with E-state index in [-0.39, 0.29) is 11.8 Å². The van der Waals surface area contributed by atoms with Gasteiger partial charge in [0.05, 0.1) is 11.4 Å². The molecule has 0 amide bonds. The fourth-order valence-corrected chi connectivity index (χ4v) is 2.64. The Labute approximate surface area is 114 Å². The highest BCUT2D eigenvalue weighted by molar-refractivity contribution is 7.92. The summed E-state index contributed by atoms with van der Waals surface area (Å²) in [4.78, 5) is 0. The molecule has 1 aromatic carbocycles. The quantitative estimate of drug-likeness (QED) is 0.846. The third kappa shape index (κ3) is 4.84. The smallest absolute Gasteiger partial charge is 0.233 e. The van der Waals surface area contributed by atoms with Gasteiger partial charge < -0.3 is 5.32 Å². The predicted molar refractivity (Wildman–Crippen MR) is 76.7 cm³/mol. The van der Waals surface area contributed by atoms with Gasteiger partial charge in [-0.05, 0) is 24.6 Å². The molecule has 1 rings (SSSR count). The summed E-state index contributed by atoms with van der Waals surface area (Å²) >= 11 is 5.94. The Morgan fingerprint density at radius 3 is 2.61 bits per heavy atom. The molecule has 0 radical (unpaired) electrons. The van der Waals surface area contributed by atoms with E-state index in [9.17, 15) is 8.42 Å². The van der Waals surface area contributed by atoms with Crippen molar-refractivity contribution in [1.82, 2.24) is 5.32 Å². The summed E-state index contributed by atoms with van der Waals surface area (Å²) in [6, 6.07) is 5.43. The number of benzene rings is 1.